The molecule has 0 aromatic heterocycles. The van der Waals surface area contributed by atoms with Crippen molar-refractivity contribution < 1.29 is 0 Å². The van der Waals surface area contributed by atoms with Crippen LogP contribution in [-0.4, -0.2) is 4.33 Å². The van der Waals surface area contributed by atoms with Crippen LogP contribution >= 0.6 is 46.4 Å². The Labute approximate surface area is 139 Å². The zero-order valence-electron chi connectivity index (χ0n) is 10.8. The van der Waals surface area contributed by atoms with E-state index in [4.69, 9.17) is 46.4 Å². The van der Waals surface area contributed by atoms with E-state index in [9.17, 15) is 0 Å². The number of rotatable bonds is 1. The fourth-order valence-electron chi connectivity index (χ4n) is 3.18. The van der Waals surface area contributed by atoms with Crippen molar-refractivity contribution in [3.63, 3.8) is 0 Å². The Hall–Kier alpha value is -0.140. The van der Waals surface area contributed by atoms with Crippen molar-refractivity contribution in [2.24, 2.45) is 5.92 Å². The Bertz CT molecular complexity index is 569. The third-order valence-corrected chi connectivity index (χ3v) is 5.49. The van der Waals surface area contributed by atoms with Crippen LogP contribution in [-0.2, 0) is 0 Å². The van der Waals surface area contributed by atoms with E-state index in [1.165, 1.54) is 5.57 Å². The summed E-state index contributed by atoms with van der Waals surface area (Å²) in [5.41, 5.74) is 2.35. The molecule has 0 heterocycles. The maximum Gasteiger partial charge on any atom is 0.128 e. The van der Waals surface area contributed by atoms with Gasteiger partial charge in [0.25, 0.3) is 0 Å². The minimum absolute atomic E-state index is 0.0238. The van der Waals surface area contributed by atoms with E-state index in [1.54, 1.807) is 0 Å². The molecular formula is C16H14Cl4. The highest BCUT2D eigenvalue weighted by molar-refractivity contribution is 6.49. The lowest BCUT2D eigenvalue weighted by atomic mass is 9.70. The zero-order valence-corrected chi connectivity index (χ0v) is 13.8. The highest BCUT2D eigenvalue weighted by atomic mass is 35.5. The van der Waals surface area contributed by atoms with E-state index in [0.29, 0.717) is 10.9 Å². The number of hydrogen-bond donors (Lipinski definition) is 0. The lowest BCUT2D eigenvalue weighted by Crippen LogP contribution is -2.34. The van der Waals surface area contributed by atoms with Crippen LogP contribution < -0.4 is 0 Å². The van der Waals surface area contributed by atoms with Gasteiger partial charge < -0.3 is 0 Å². The van der Waals surface area contributed by atoms with E-state index in [1.807, 2.05) is 30.3 Å². The summed E-state index contributed by atoms with van der Waals surface area (Å²) in [5.74, 6) is 0.466. The van der Waals surface area contributed by atoms with E-state index >= 15 is 0 Å². The van der Waals surface area contributed by atoms with Gasteiger partial charge in [-0.05, 0) is 49.0 Å². The second-order valence-electron chi connectivity index (χ2n) is 5.45. The van der Waals surface area contributed by atoms with Crippen molar-refractivity contribution in [1.29, 1.82) is 0 Å². The highest BCUT2D eigenvalue weighted by Gasteiger charge is 2.45. The second-order valence-corrected chi connectivity index (χ2v) is 7.87. The van der Waals surface area contributed by atoms with Crippen LogP contribution in [0.25, 0.3) is 0 Å². The molecule has 2 aliphatic carbocycles. The van der Waals surface area contributed by atoms with E-state index < -0.39 is 4.33 Å². The molecule has 106 valence electrons. The van der Waals surface area contributed by atoms with Gasteiger partial charge in [0, 0.05) is 16.0 Å². The lowest BCUT2D eigenvalue weighted by molar-refractivity contribution is 0.401. The molecule has 0 amide bonds. The summed E-state index contributed by atoms with van der Waals surface area (Å²) in [5, 5.41) is 1.49. The minimum atomic E-state index is -0.787. The molecule has 0 aliphatic heterocycles. The smallest absolute Gasteiger partial charge is 0.101 e. The molecule has 1 aromatic carbocycles. The summed E-state index contributed by atoms with van der Waals surface area (Å²) in [7, 11) is 0. The number of allylic oxidation sites excluding steroid dienone is 4. The van der Waals surface area contributed by atoms with Gasteiger partial charge in [-0.1, -0.05) is 47.0 Å². The molecule has 0 nitrogen and oxygen atoms in total. The molecule has 2 aliphatic rings. The van der Waals surface area contributed by atoms with Crippen LogP contribution in [0.5, 0.6) is 0 Å². The van der Waals surface area contributed by atoms with Gasteiger partial charge >= 0.3 is 0 Å². The maximum absolute atomic E-state index is 6.61. The van der Waals surface area contributed by atoms with E-state index in [2.05, 4.69) is 6.08 Å². The summed E-state index contributed by atoms with van der Waals surface area (Å²) in [6.07, 6.45) is 6.87. The first-order valence-electron chi connectivity index (χ1n) is 6.68. The van der Waals surface area contributed by atoms with E-state index in [-0.39, 0.29) is 5.92 Å². The first-order chi connectivity index (χ1) is 9.47. The molecule has 4 heteroatoms. The van der Waals surface area contributed by atoms with Crippen molar-refractivity contribution in [2.45, 2.75) is 29.5 Å². The third-order valence-electron chi connectivity index (χ3n) is 4.16. The van der Waals surface area contributed by atoms with Gasteiger partial charge in [0.2, 0.25) is 0 Å². The van der Waals surface area contributed by atoms with Gasteiger partial charge in [-0.25, -0.2) is 0 Å². The molecule has 2 atom stereocenters. The van der Waals surface area contributed by atoms with Crippen LogP contribution in [0.3, 0.4) is 0 Å². The van der Waals surface area contributed by atoms with E-state index in [0.717, 1.165) is 29.9 Å². The standard InChI is InChI=1S/C16H14Cl4/c17-12-4-2-11(3-5-12)15-14-9-13(18)6-1-10(14)7-8-16(15,19)20/h2-6,9-10,15H,1,7-8H2. The second kappa shape index (κ2) is 5.57. The number of halogens is 4. The summed E-state index contributed by atoms with van der Waals surface area (Å²) < 4.78 is -0.787. The summed E-state index contributed by atoms with van der Waals surface area (Å²) >= 11 is 25.4. The lowest BCUT2D eigenvalue weighted by Gasteiger charge is -2.42. The number of benzene rings is 1. The molecule has 1 saturated carbocycles. The topological polar surface area (TPSA) is 0 Å². The van der Waals surface area contributed by atoms with Gasteiger partial charge in [0.1, 0.15) is 4.33 Å². The van der Waals surface area contributed by atoms with Gasteiger partial charge in [-0.2, -0.15) is 0 Å². The number of fused-ring (bicyclic) bond motifs is 1. The zero-order chi connectivity index (χ0) is 14.3. The molecule has 0 spiro atoms. The Morgan fingerprint density at radius 1 is 1.05 bits per heavy atom. The molecule has 1 fully saturated rings. The molecule has 1 aromatic rings. The normalized spacial score (nSPS) is 28.4. The van der Waals surface area contributed by atoms with Gasteiger partial charge in [-0.3, -0.25) is 0 Å². The molecule has 20 heavy (non-hydrogen) atoms. The van der Waals surface area contributed by atoms with Crippen LogP contribution in [0, 0.1) is 5.92 Å². The summed E-state index contributed by atoms with van der Waals surface area (Å²) in [6, 6.07) is 7.76. The molecule has 2 unspecified atom stereocenters. The van der Waals surface area contributed by atoms with Crippen molar-refractivity contribution in [1.82, 2.24) is 0 Å². The molecule has 0 radical (unpaired) electrons. The predicted octanol–water partition coefficient (Wildman–Crippen LogP) is 6.46. The van der Waals surface area contributed by atoms with Crippen LogP contribution in [0.1, 0.15) is 30.7 Å². The Morgan fingerprint density at radius 3 is 2.45 bits per heavy atom. The fraction of sp³-hybridized carbons (Fsp3) is 0.375. The van der Waals surface area contributed by atoms with Crippen LogP contribution in [0.15, 0.2) is 47.0 Å². The van der Waals surface area contributed by atoms with Crippen LogP contribution in [0.4, 0.5) is 0 Å². The van der Waals surface area contributed by atoms with Crippen molar-refractivity contribution in [2.75, 3.05) is 0 Å². The minimum Gasteiger partial charge on any atom is -0.101 e. The van der Waals surface area contributed by atoms with Crippen molar-refractivity contribution >= 4 is 46.4 Å². The number of alkyl halides is 2. The fourth-order valence-corrected chi connectivity index (χ4v) is 4.24. The van der Waals surface area contributed by atoms with Gasteiger partial charge in [0.05, 0.1) is 0 Å². The molecule has 3 rings (SSSR count). The Balaban J connectivity index is 2.07. The van der Waals surface area contributed by atoms with Crippen molar-refractivity contribution in [3.05, 3.63) is 57.6 Å². The quantitative estimate of drug-likeness (QED) is 0.511. The predicted molar refractivity (Wildman–Crippen MR) is 88.0 cm³/mol. The average Bonchev–Trinajstić information content (AvgIpc) is 2.39. The SMILES string of the molecule is ClC1=CCC2CCC(Cl)(Cl)C(c3ccc(Cl)cc3)C2=C1. The molecule has 0 N–H and O–H groups in total. The summed E-state index contributed by atoms with van der Waals surface area (Å²) in [6.45, 7) is 0. The largest absolute Gasteiger partial charge is 0.128 e. The third kappa shape index (κ3) is 2.76. The van der Waals surface area contributed by atoms with Crippen molar-refractivity contribution in [3.8, 4) is 0 Å². The van der Waals surface area contributed by atoms with Gasteiger partial charge in [-0.15, -0.1) is 23.2 Å². The molecular weight excluding hydrogens is 334 g/mol. The average molecular weight is 348 g/mol. The maximum atomic E-state index is 6.61. The highest BCUT2D eigenvalue weighted by Crippen LogP contribution is 2.55. The molecule has 0 saturated heterocycles. The Kier molecular flexibility index (Phi) is 4.12. The Morgan fingerprint density at radius 2 is 1.75 bits per heavy atom. The first kappa shape index (κ1) is 14.8. The summed E-state index contributed by atoms with van der Waals surface area (Å²) in [4.78, 5) is 0. The molecule has 0 bridgehead atoms. The number of hydrogen-bond acceptors (Lipinski definition) is 0. The first-order valence-corrected chi connectivity index (χ1v) is 8.19. The monoisotopic (exact) mass is 346 g/mol. The van der Waals surface area contributed by atoms with Crippen LogP contribution in [0.2, 0.25) is 5.02 Å². The van der Waals surface area contributed by atoms with Gasteiger partial charge in [0.15, 0.2) is 0 Å².